The van der Waals surface area contributed by atoms with Crippen molar-refractivity contribution in [1.82, 2.24) is 29.5 Å². The van der Waals surface area contributed by atoms with E-state index in [9.17, 15) is 0 Å². The Labute approximate surface area is 219 Å². The third-order valence-electron chi connectivity index (χ3n) is 4.68. The summed E-state index contributed by atoms with van der Waals surface area (Å²) in [5.74, 6) is 14.3. The van der Waals surface area contributed by atoms with Crippen LogP contribution >= 0.6 is 23.2 Å². The molecule has 5 rings (SSSR count). The molecule has 1 N–H and O–H groups in total. The molecule has 6 nitrogen and oxygen atoms in total. The van der Waals surface area contributed by atoms with Gasteiger partial charge in [-0.1, -0.05) is 47.2 Å². The summed E-state index contributed by atoms with van der Waals surface area (Å²) in [4.78, 5) is 19.9. The van der Waals surface area contributed by atoms with Crippen molar-refractivity contribution in [3.05, 3.63) is 124 Å². The SMILES string of the molecule is Cc1nc(C#Cc2cccc(Cl)c2)cn1-c1ncccn1.Cc1ncc(C#Cc2cccc(Cl)c2)[nH]1. The number of imidazole rings is 2. The van der Waals surface area contributed by atoms with Crippen LogP contribution in [0.25, 0.3) is 5.95 Å². The molecule has 0 saturated carbocycles. The number of nitrogens with one attached hydrogen (secondary N) is 1. The molecule has 0 aliphatic carbocycles. The van der Waals surface area contributed by atoms with E-state index in [-0.39, 0.29) is 0 Å². The van der Waals surface area contributed by atoms with Crippen LogP contribution in [-0.2, 0) is 0 Å². The van der Waals surface area contributed by atoms with Crippen LogP contribution in [0.5, 0.6) is 0 Å². The predicted octanol–water partition coefficient (Wildman–Crippen LogP) is 5.80. The van der Waals surface area contributed by atoms with Crippen LogP contribution in [0.2, 0.25) is 10.0 Å². The molecule has 0 radical (unpaired) electrons. The fraction of sp³-hybridized carbons (Fsp3) is 0.0714. The number of aryl methyl sites for hydroxylation is 2. The monoisotopic (exact) mass is 510 g/mol. The number of benzene rings is 2. The quantitative estimate of drug-likeness (QED) is 0.289. The van der Waals surface area contributed by atoms with E-state index in [1.54, 1.807) is 24.7 Å². The molecule has 0 spiro atoms. The highest BCUT2D eigenvalue weighted by Gasteiger charge is 2.05. The molecule has 8 heteroatoms. The summed E-state index contributed by atoms with van der Waals surface area (Å²) in [5, 5.41) is 1.36. The lowest BCUT2D eigenvalue weighted by atomic mass is 10.2. The number of hydrogen-bond donors (Lipinski definition) is 1. The van der Waals surface area contributed by atoms with E-state index in [0.29, 0.717) is 21.7 Å². The number of aromatic nitrogens is 6. The maximum Gasteiger partial charge on any atom is 0.235 e. The van der Waals surface area contributed by atoms with Gasteiger partial charge in [-0.15, -0.1) is 0 Å². The van der Waals surface area contributed by atoms with E-state index in [4.69, 9.17) is 23.2 Å². The van der Waals surface area contributed by atoms with Gasteiger partial charge in [-0.25, -0.2) is 19.9 Å². The summed E-state index contributed by atoms with van der Waals surface area (Å²) in [6, 6.07) is 16.6. The third kappa shape index (κ3) is 7.07. The standard InChI is InChI=1S/C16H11ClN4.C12H9ClN2/c1-12-20-15(7-6-13-4-2-5-14(17)10-13)11-21(12)16-18-8-3-9-19-16;1-9-14-8-12(15-9)6-5-10-3-2-4-11(13)7-10/h2-5,8-11H,1H3;2-4,7-8H,1H3,(H,14,15). The predicted molar refractivity (Wildman–Crippen MR) is 142 cm³/mol. The first-order valence-electron chi connectivity index (χ1n) is 10.9. The molecule has 0 amide bonds. The lowest BCUT2D eigenvalue weighted by Crippen LogP contribution is -2.00. The first-order valence-corrected chi connectivity index (χ1v) is 11.6. The molecule has 0 aliphatic heterocycles. The smallest absolute Gasteiger partial charge is 0.235 e. The van der Waals surface area contributed by atoms with Gasteiger partial charge in [0.25, 0.3) is 0 Å². The molecule has 3 heterocycles. The van der Waals surface area contributed by atoms with Crippen molar-refractivity contribution in [3.63, 3.8) is 0 Å². The second kappa shape index (κ2) is 11.9. The minimum absolute atomic E-state index is 0.582. The van der Waals surface area contributed by atoms with Gasteiger partial charge < -0.3 is 4.98 Å². The number of hydrogen-bond acceptors (Lipinski definition) is 4. The number of aromatic amines is 1. The van der Waals surface area contributed by atoms with Gasteiger partial charge >= 0.3 is 0 Å². The summed E-state index contributed by atoms with van der Waals surface area (Å²) in [6.45, 7) is 3.78. The molecule has 36 heavy (non-hydrogen) atoms. The lowest BCUT2D eigenvalue weighted by molar-refractivity contribution is 0.882. The Bertz CT molecular complexity index is 1600. The Balaban J connectivity index is 0.000000179. The van der Waals surface area contributed by atoms with E-state index < -0.39 is 0 Å². The average Bonchev–Trinajstić information content (AvgIpc) is 3.47. The Morgan fingerprint density at radius 2 is 1.42 bits per heavy atom. The highest BCUT2D eigenvalue weighted by molar-refractivity contribution is 6.30. The van der Waals surface area contributed by atoms with Gasteiger partial charge in [-0.05, 0) is 68.2 Å². The van der Waals surface area contributed by atoms with Crippen molar-refractivity contribution in [1.29, 1.82) is 0 Å². The van der Waals surface area contributed by atoms with E-state index in [2.05, 4.69) is 48.6 Å². The van der Waals surface area contributed by atoms with Gasteiger partial charge in [0, 0.05) is 39.8 Å². The molecule has 0 atom stereocenters. The summed E-state index contributed by atoms with van der Waals surface area (Å²) in [7, 11) is 0. The fourth-order valence-electron chi connectivity index (χ4n) is 3.04. The molecule has 0 unspecified atom stereocenters. The normalized spacial score (nSPS) is 9.78. The van der Waals surface area contributed by atoms with Gasteiger partial charge in [0.1, 0.15) is 23.0 Å². The molecular weight excluding hydrogens is 491 g/mol. The summed E-state index contributed by atoms with van der Waals surface area (Å²) in [5.41, 5.74) is 3.23. The molecule has 176 valence electrons. The Morgan fingerprint density at radius 1 is 0.778 bits per heavy atom. The van der Waals surface area contributed by atoms with Gasteiger partial charge in [-0.3, -0.25) is 4.57 Å². The van der Waals surface area contributed by atoms with Crippen molar-refractivity contribution in [2.45, 2.75) is 13.8 Å². The van der Waals surface area contributed by atoms with Crippen LogP contribution in [0.15, 0.2) is 79.4 Å². The van der Waals surface area contributed by atoms with Gasteiger partial charge in [0.15, 0.2) is 0 Å². The topological polar surface area (TPSA) is 72.3 Å². The number of H-pyrrole nitrogens is 1. The van der Waals surface area contributed by atoms with Gasteiger partial charge in [0.05, 0.1) is 6.20 Å². The highest BCUT2D eigenvalue weighted by Crippen LogP contribution is 2.11. The van der Waals surface area contributed by atoms with Gasteiger partial charge in [-0.2, -0.15) is 0 Å². The van der Waals surface area contributed by atoms with Crippen molar-refractivity contribution in [3.8, 4) is 29.6 Å². The maximum absolute atomic E-state index is 5.93. The molecule has 0 bridgehead atoms. The van der Waals surface area contributed by atoms with Crippen LogP contribution in [0.1, 0.15) is 34.2 Å². The van der Waals surface area contributed by atoms with Crippen molar-refractivity contribution in [2.75, 3.05) is 0 Å². The Hall–Kier alpha value is -4.36. The van der Waals surface area contributed by atoms with Crippen LogP contribution in [-0.4, -0.2) is 29.5 Å². The van der Waals surface area contributed by atoms with E-state index >= 15 is 0 Å². The van der Waals surface area contributed by atoms with E-state index in [1.807, 2.05) is 73.1 Å². The number of rotatable bonds is 1. The zero-order chi connectivity index (χ0) is 25.3. The van der Waals surface area contributed by atoms with Crippen LogP contribution < -0.4 is 0 Å². The summed E-state index contributed by atoms with van der Waals surface area (Å²) in [6.07, 6.45) is 6.92. The highest BCUT2D eigenvalue weighted by atomic mass is 35.5. The molecule has 0 saturated heterocycles. The molecule has 2 aromatic carbocycles. The van der Waals surface area contributed by atoms with Crippen LogP contribution in [0.3, 0.4) is 0 Å². The second-order valence-electron chi connectivity index (χ2n) is 7.50. The third-order valence-corrected chi connectivity index (χ3v) is 5.15. The van der Waals surface area contributed by atoms with Crippen LogP contribution in [0.4, 0.5) is 0 Å². The minimum Gasteiger partial charge on any atom is -0.336 e. The molecule has 3 aromatic heterocycles. The van der Waals surface area contributed by atoms with Crippen LogP contribution in [0, 0.1) is 37.5 Å². The Kier molecular flexibility index (Phi) is 8.16. The minimum atomic E-state index is 0.582. The first kappa shape index (κ1) is 24.8. The summed E-state index contributed by atoms with van der Waals surface area (Å²) >= 11 is 11.8. The fourth-order valence-corrected chi connectivity index (χ4v) is 3.42. The maximum atomic E-state index is 5.93. The summed E-state index contributed by atoms with van der Waals surface area (Å²) < 4.78 is 1.81. The van der Waals surface area contributed by atoms with E-state index in [1.165, 1.54) is 0 Å². The number of halogens is 2. The lowest BCUT2D eigenvalue weighted by Gasteiger charge is -1.99. The van der Waals surface area contributed by atoms with Crippen molar-refractivity contribution >= 4 is 23.2 Å². The van der Waals surface area contributed by atoms with Crippen molar-refractivity contribution in [2.24, 2.45) is 0 Å². The van der Waals surface area contributed by atoms with E-state index in [0.717, 1.165) is 28.5 Å². The molecule has 0 fully saturated rings. The van der Waals surface area contributed by atoms with Crippen molar-refractivity contribution < 1.29 is 0 Å². The van der Waals surface area contributed by atoms with Gasteiger partial charge in [0.2, 0.25) is 5.95 Å². The molecule has 0 aliphatic rings. The second-order valence-corrected chi connectivity index (χ2v) is 8.37. The molecule has 5 aromatic rings. The largest absolute Gasteiger partial charge is 0.336 e. The first-order chi connectivity index (χ1) is 17.5. The zero-order valence-electron chi connectivity index (χ0n) is 19.5. The molecular formula is C28H20Cl2N6. The Morgan fingerprint density at radius 3 is 2.00 bits per heavy atom. The number of nitrogens with zero attached hydrogens (tertiary/aromatic N) is 5. The average molecular weight is 511 g/mol. The zero-order valence-corrected chi connectivity index (χ0v) is 21.0.